The Hall–Kier alpha value is -3.57. The monoisotopic (exact) mass is 488 g/mol. The van der Waals surface area contributed by atoms with Gasteiger partial charge in [0.25, 0.3) is 0 Å². The Bertz CT molecular complexity index is 1490. The maximum Gasteiger partial charge on any atom is 0.433 e. The number of fused-ring (bicyclic) bond motifs is 1. The first kappa shape index (κ1) is 21.3. The summed E-state index contributed by atoms with van der Waals surface area (Å²) in [5.41, 5.74) is 1.27. The van der Waals surface area contributed by atoms with Crippen molar-refractivity contribution in [2.45, 2.75) is 12.7 Å². The van der Waals surface area contributed by atoms with Crippen molar-refractivity contribution in [2.24, 2.45) is 0 Å². The number of benzene rings is 1. The third-order valence-corrected chi connectivity index (χ3v) is 5.90. The topological polar surface area (TPSA) is 78.0 Å². The Balaban J connectivity index is 1.63. The van der Waals surface area contributed by atoms with Crippen molar-refractivity contribution in [1.82, 2.24) is 29.4 Å². The van der Waals surface area contributed by atoms with Gasteiger partial charge in [-0.15, -0.1) is 16.4 Å². The molecule has 166 valence electrons. The molecule has 0 fully saturated rings. The van der Waals surface area contributed by atoms with E-state index in [9.17, 15) is 18.0 Å². The number of pyridine rings is 1. The Kier molecular flexibility index (Phi) is 5.22. The first-order valence-electron chi connectivity index (χ1n) is 9.48. The number of halogens is 4. The van der Waals surface area contributed by atoms with Crippen LogP contribution in [0.4, 0.5) is 13.2 Å². The van der Waals surface area contributed by atoms with Crippen LogP contribution in [0.3, 0.4) is 0 Å². The molecule has 33 heavy (non-hydrogen) atoms. The van der Waals surface area contributed by atoms with Gasteiger partial charge in [0.15, 0.2) is 5.65 Å². The highest BCUT2D eigenvalue weighted by atomic mass is 35.5. The lowest BCUT2D eigenvalue weighted by molar-refractivity contribution is -0.141. The van der Waals surface area contributed by atoms with Gasteiger partial charge in [0.2, 0.25) is 0 Å². The normalized spacial score (nSPS) is 11.9. The number of alkyl halides is 3. The van der Waals surface area contributed by atoms with Gasteiger partial charge in [0, 0.05) is 28.4 Å². The van der Waals surface area contributed by atoms with E-state index in [1.165, 1.54) is 17.4 Å². The lowest BCUT2D eigenvalue weighted by Crippen LogP contribution is -2.23. The number of hydrogen-bond acceptors (Lipinski definition) is 6. The largest absolute Gasteiger partial charge is 0.433 e. The van der Waals surface area contributed by atoms with Crippen LogP contribution in [0.15, 0.2) is 65.2 Å². The molecule has 0 spiro atoms. The van der Waals surface area contributed by atoms with Crippen LogP contribution in [0.2, 0.25) is 5.02 Å². The van der Waals surface area contributed by atoms with Gasteiger partial charge in [-0.2, -0.15) is 22.8 Å². The summed E-state index contributed by atoms with van der Waals surface area (Å²) < 4.78 is 40.6. The minimum absolute atomic E-state index is 0.0685. The van der Waals surface area contributed by atoms with Gasteiger partial charge < -0.3 is 0 Å². The Morgan fingerprint density at radius 1 is 1.03 bits per heavy atom. The molecule has 5 rings (SSSR count). The van der Waals surface area contributed by atoms with Crippen LogP contribution in [-0.2, 0) is 12.7 Å². The highest BCUT2D eigenvalue weighted by molar-refractivity contribution is 7.13. The van der Waals surface area contributed by atoms with E-state index in [-0.39, 0.29) is 12.2 Å². The van der Waals surface area contributed by atoms with Crippen molar-refractivity contribution in [3.8, 4) is 21.7 Å². The molecule has 4 aromatic heterocycles. The van der Waals surface area contributed by atoms with Crippen LogP contribution < -0.4 is 5.69 Å². The van der Waals surface area contributed by atoms with Gasteiger partial charge in [0.1, 0.15) is 10.7 Å². The molecular weight excluding hydrogens is 477 g/mol. The first-order chi connectivity index (χ1) is 15.8. The summed E-state index contributed by atoms with van der Waals surface area (Å²) in [4.78, 5) is 20.8. The molecule has 0 saturated heterocycles. The second kappa shape index (κ2) is 8.09. The fraction of sp³-hybridized carbons (Fsp3) is 0.0952. The summed E-state index contributed by atoms with van der Waals surface area (Å²) in [5.74, 6) is 0. The second-order valence-electron chi connectivity index (χ2n) is 7.00. The molecule has 0 radical (unpaired) electrons. The number of hydrogen-bond donors (Lipinski definition) is 0. The van der Waals surface area contributed by atoms with Crippen molar-refractivity contribution < 1.29 is 13.2 Å². The molecule has 1 aromatic carbocycles. The molecule has 0 N–H and O–H groups in total. The summed E-state index contributed by atoms with van der Waals surface area (Å²) in [6.07, 6.45) is -0.262. The summed E-state index contributed by atoms with van der Waals surface area (Å²) in [6, 6.07) is 9.28. The number of aromatic nitrogens is 6. The summed E-state index contributed by atoms with van der Waals surface area (Å²) >= 11 is 7.39. The maximum absolute atomic E-state index is 12.9. The maximum atomic E-state index is 12.9. The minimum atomic E-state index is -4.54. The molecule has 7 nitrogen and oxygen atoms in total. The van der Waals surface area contributed by atoms with Gasteiger partial charge in [0.05, 0.1) is 18.3 Å². The molecule has 0 atom stereocenters. The predicted molar refractivity (Wildman–Crippen MR) is 117 cm³/mol. The van der Waals surface area contributed by atoms with Crippen molar-refractivity contribution >= 4 is 28.6 Å². The van der Waals surface area contributed by atoms with E-state index in [0.717, 1.165) is 27.0 Å². The third-order valence-electron chi connectivity index (χ3n) is 4.86. The lowest BCUT2D eigenvalue weighted by atomic mass is 10.0. The molecule has 0 aliphatic carbocycles. The fourth-order valence-electron chi connectivity index (χ4n) is 3.33. The smallest absolute Gasteiger partial charge is 0.251 e. The second-order valence-corrected chi connectivity index (χ2v) is 8.33. The highest BCUT2D eigenvalue weighted by Crippen LogP contribution is 2.35. The molecular formula is C21H12ClF3N6OS. The Morgan fingerprint density at radius 2 is 1.82 bits per heavy atom. The predicted octanol–water partition coefficient (Wildman–Crippen LogP) is 4.80. The molecule has 0 aliphatic heterocycles. The molecule has 0 aliphatic rings. The Morgan fingerprint density at radius 3 is 2.45 bits per heavy atom. The van der Waals surface area contributed by atoms with Gasteiger partial charge in [-0.25, -0.2) is 14.5 Å². The lowest BCUT2D eigenvalue weighted by Gasteiger charge is -2.08. The minimum Gasteiger partial charge on any atom is -0.251 e. The quantitative estimate of drug-likeness (QED) is 0.363. The van der Waals surface area contributed by atoms with E-state index < -0.39 is 17.6 Å². The van der Waals surface area contributed by atoms with Crippen molar-refractivity contribution in [3.05, 3.63) is 87.1 Å². The van der Waals surface area contributed by atoms with E-state index in [0.29, 0.717) is 26.7 Å². The van der Waals surface area contributed by atoms with E-state index >= 15 is 0 Å². The zero-order valence-corrected chi connectivity index (χ0v) is 18.1. The van der Waals surface area contributed by atoms with E-state index in [4.69, 9.17) is 11.6 Å². The van der Waals surface area contributed by atoms with E-state index in [1.807, 2.05) is 12.1 Å². The molecule has 12 heteroatoms. The SMILES string of the molecule is O=c1n(Cc2ccc(C(F)(F)F)nc2)nc2c(-c3nccs3)c(-c3ccc(Cl)cc3)cnn12. The average molecular weight is 489 g/mol. The molecule has 5 aromatic rings. The Labute approximate surface area is 192 Å². The van der Waals surface area contributed by atoms with Gasteiger partial charge >= 0.3 is 11.9 Å². The summed E-state index contributed by atoms with van der Waals surface area (Å²) in [5, 5.41) is 11.7. The summed E-state index contributed by atoms with van der Waals surface area (Å²) in [6.45, 7) is -0.0685. The molecule has 0 amide bonds. The fourth-order valence-corrected chi connectivity index (χ4v) is 4.14. The first-order valence-corrected chi connectivity index (χ1v) is 10.7. The van der Waals surface area contributed by atoms with Gasteiger partial charge in [-0.3, -0.25) is 4.98 Å². The highest BCUT2D eigenvalue weighted by Gasteiger charge is 2.32. The van der Waals surface area contributed by atoms with E-state index in [2.05, 4.69) is 20.2 Å². The average Bonchev–Trinajstić information content (AvgIpc) is 3.42. The van der Waals surface area contributed by atoms with Crippen LogP contribution in [0.25, 0.3) is 27.3 Å². The van der Waals surface area contributed by atoms with Crippen molar-refractivity contribution in [3.63, 3.8) is 0 Å². The zero-order valence-electron chi connectivity index (χ0n) is 16.5. The zero-order chi connectivity index (χ0) is 23.2. The standard InChI is InChI=1S/C21H12ClF3N6OS/c22-14-4-2-13(3-5-14)15-10-28-31-18(17(15)19-26-7-8-33-19)29-30(20(31)32)11-12-1-6-16(27-9-12)21(23,24)25/h1-10H,11H2. The van der Waals surface area contributed by atoms with Crippen molar-refractivity contribution in [2.75, 3.05) is 0 Å². The van der Waals surface area contributed by atoms with Crippen LogP contribution in [0.5, 0.6) is 0 Å². The molecule has 0 unspecified atom stereocenters. The van der Waals surface area contributed by atoms with Gasteiger partial charge in [-0.1, -0.05) is 29.8 Å². The summed E-state index contributed by atoms with van der Waals surface area (Å²) in [7, 11) is 0. The van der Waals surface area contributed by atoms with E-state index in [1.54, 1.807) is 29.9 Å². The molecule has 0 bridgehead atoms. The van der Waals surface area contributed by atoms with Crippen LogP contribution >= 0.6 is 22.9 Å². The van der Waals surface area contributed by atoms with Crippen molar-refractivity contribution in [1.29, 1.82) is 0 Å². The number of nitrogens with zero attached hydrogens (tertiary/aromatic N) is 6. The number of rotatable bonds is 4. The van der Waals surface area contributed by atoms with Crippen LogP contribution in [-0.4, -0.2) is 29.4 Å². The molecule has 0 saturated carbocycles. The van der Waals surface area contributed by atoms with Crippen LogP contribution in [0.1, 0.15) is 11.3 Å². The third kappa shape index (κ3) is 4.00. The van der Waals surface area contributed by atoms with Crippen LogP contribution in [0, 0.1) is 0 Å². The van der Waals surface area contributed by atoms with Gasteiger partial charge in [-0.05, 0) is 29.3 Å². The number of thiazole rings is 1. The molecule has 4 heterocycles.